The zero-order valence-corrected chi connectivity index (χ0v) is 12.0. The van der Waals surface area contributed by atoms with E-state index in [4.69, 9.17) is 10.5 Å². The molecule has 1 saturated carbocycles. The number of ether oxygens (including phenoxy) is 2. The Morgan fingerprint density at radius 1 is 1.24 bits per heavy atom. The number of nitrogens with two attached hydrogens (primary N) is 1. The molecule has 3 nitrogen and oxygen atoms in total. The van der Waals surface area contributed by atoms with Crippen LogP contribution in [0.4, 0.5) is 13.2 Å². The van der Waals surface area contributed by atoms with Gasteiger partial charge in [-0.05, 0) is 49.8 Å². The van der Waals surface area contributed by atoms with Crippen LogP contribution in [0.1, 0.15) is 31.2 Å². The van der Waals surface area contributed by atoms with Crippen LogP contribution in [0.25, 0.3) is 0 Å². The van der Waals surface area contributed by atoms with Crippen molar-refractivity contribution in [2.24, 2.45) is 5.73 Å². The average molecular weight is 303 g/mol. The molecule has 1 atom stereocenters. The van der Waals surface area contributed by atoms with Gasteiger partial charge in [0.25, 0.3) is 0 Å². The molecular formula is C15H20F3NO2. The van der Waals surface area contributed by atoms with Gasteiger partial charge in [-0.3, -0.25) is 0 Å². The van der Waals surface area contributed by atoms with Crippen molar-refractivity contribution in [3.8, 4) is 5.75 Å². The fourth-order valence-electron chi connectivity index (χ4n) is 2.74. The van der Waals surface area contributed by atoms with Gasteiger partial charge in [-0.15, -0.1) is 13.2 Å². The van der Waals surface area contributed by atoms with E-state index < -0.39 is 6.36 Å². The molecule has 1 aliphatic rings. The number of halogens is 3. The predicted molar refractivity (Wildman–Crippen MR) is 73.0 cm³/mol. The lowest BCUT2D eigenvalue weighted by atomic mass is 9.75. The van der Waals surface area contributed by atoms with Gasteiger partial charge < -0.3 is 15.2 Å². The van der Waals surface area contributed by atoms with Crippen molar-refractivity contribution >= 4 is 0 Å². The van der Waals surface area contributed by atoms with Crippen LogP contribution in [0.15, 0.2) is 24.3 Å². The largest absolute Gasteiger partial charge is 0.573 e. The monoisotopic (exact) mass is 303 g/mol. The smallest absolute Gasteiger partial charge is 0.406 e. The highest BCUT2D eigenvalue weighted by molar-refractivity contribution is 5.28. The number of benzene rings is 1. The maximum atomic E-state index is 12.1. The summed E-state index contributed by atoms with van der Waals surface area (Å²) in [5.74, 6) is -0.216. The highest BCUT2D eigenvalue weighted by Gasteiger charge is 2.38. The second-order valence-corrected chi connectivity index (χ2v) is 5.60. The first kappa shape index (κ1) is 16.1. The lowest BCUT2D eigenvalue weighted by Crippen LogP contribution is -2.44. The molecule has 2 N–H and O–H groups in total. The summed E-state index contributed by atoms with van der Waals surface area (Å²) in [4.78, 5) is 0. The molecule has 1 aliphatic carbocycles. The minimum Gasteiger partial charge on any atom is -0.406 e. The van der Waals surface area contributed by atoms with E-state index in [0.717, 1.165) is 31.2 Å². The van der Waals surface area contributed by atoms with Crippen LogP contribution in [0, 0.1) is 0 Å². The molecule has 0 saturated heterocycles. The minimum absolute atomic E-state index is 0.0698. The summed E-state index contributed by atoms with van der Waals surface area (Å²) in [6.07, 6.45) is -0.0795. The van der Waals surface area contributed by atoms with E-state index in [1.807, 2.05) is 0 Å². The Labute approximate surface area is 122 Å². The van der Waals surface area contributed by atoms with Gasteiger partial charge in [-0.2, -0.15) is 0 Å². The van der Waals surface area contributed by atoms with Crippen molar-refractivity contribution in [2.45, 2.75) is 50.1 Å². The minimum atomic E-state index is -4.66. The fourth-order valence-corrected chi connectivity index (χ4v) is 2.74. The summed E-state index contributed by atoms with van der Waals surface area (Å²) < 4.78 is 45.6. The summed E-state index contributed by atoms with van der Waals surface area (Å²) in [6.45, 7) is 0. The quantitative estimate of drug-likeness (QED) is 0.876. The Balaban J connectivity index is 1.88. The number of hydrogen-bond acceptors (Lipinski definition) is 3. The lowest BCUT2D eigenvalue weighted by molar-refractivity contribution is -0.274. The molecular weight excluding hydrogens is 283 g/mol. The Hall–Kier alpha value is -1.27. The molecule has 0 radical (unpaired) electrons. The summed E-state index contributed by atoms with van der Waals surface area (Å²) >= 11 is 0. The zero-order valence-electron chi connectivity index (χ0n) is 12.0. The number of rotatable bonds is 6. The molecule has 0 bridgehead atoms. The molecule has 6 heteroatoms. The van der Waals surface area contributed by atoms with Crippen LogP contribution in [0.5, 0.6) is 5.75 Å². The van der Waals surface area contributed by atoms with E-state index >= 15 is 0 Å². The van der Waals surface area contributed by atoms with Gasteiger partial charge in [0.2, 0.25) is 0 Å². The SMILES string of the molecule is COC1(CC(N)Cc2ccc(OC(F)(F)F)cc2)CCC1. The zero-order chi connectivity index (χ0) is 15.5. The summed E-state index contributed by atoms with van der Waals surface area (Å²) in [5, 5.41) is 0. The second-order valence-electron chi connectivity index (χ2n) is 5.60. The van der Waals surface area contributed by atoms with Crippen molar-refractivity contribution in [1.29, 1.82) is 0 Å². The van der Waals surface area contributed by atoms with E-state index in [0.29, 0.717) is 6.42 Å². The molecule has 1 aromatic carbocycles. The highest BCUT2D eigenvalue weighted by atomic mass is 19.4. The van der Waals surface area contributed by atoms with Crippen molar-refractivity contribution in [3.05, 3.63) is 29.8 Å². The molecule has 2 rings (SSSR count). The van der Waals surface area contributed by atoms with Gasteiger partial charge in [-0.1, -0.05) is 12.1 Å². The lowest BCUT2D eigenvalue weighted by Gasteiger charge is -2.42. The van der Waals surface area contributed by atoms with Crippen LogP contribution < -0.4 is 10.5 Å². The van der Waals surface area contributed by atoms with Crippen LogP contribution in [-0.2, 0) is 11.2 Å². The van der Waals surface area contributed by atoms with E-state index in [9.17, 15) is 13.2 Å². The average Bonchev–Trinajstić information content (AvgIpc) is 2.34. The standard InChI is InChI=1S/C15H20F3NO2/c1-20-14(7-2-8-14)10-12(19)9-11-3-5-13(6-4-11)21-15(16,17)18/h3-6,12H,2,7-10,19H2,1H3. The van der Waals surface area contributed by atoms with Crippen molar-refractivity contribution in [3.63, 3.8) is 0 Å². The van der Waals surface area contributed by atoms with Gasteiger partial charge >= 0.3 is 6.36 Å². The van der Waals surface area contributed by atoms with Gasteiger partial charge in [0, 0.05) is 13.2 Å². The van der Waals surface area contributed by atoms with Crippen LogP contribution in [0.2, 0.25) is 0 Å². The summed E-state index contributed by atoms with van der Waals surface area (Å²) in [5.41, 5.74) is 6.92. The third-order valence-electron chi connectivity index (χ3n) is 3.99. The molecule has 1 fully saturated rings. The van der Waals surface area contributed by atoms with E-state index in [1.165, 1.54) is 12.1 Å². The fraction of sp³-hybridized carbons (Fsp3) is 0.600. The van der Waals surface area contributed by atoms with Crippen molar-refractivity contribution < 1.29 is 22.6 Å². The molecule has 1 aromatic rings. The van der Waals surface area contributed by atoms with Gasteiger partial charge in [-0.25, -0.2) is 0 Å². The third-order valence-corrected chi connectivity index (χ3v) is 3.99. The molecule has 0 aromatic heterocycles. The van der Waals surface area contributed by atoms with Crippen LogP contribution in [0.3, 0.4) is 0 Å². The Bertz CT molecular complexity index is 449. The predicted octanol–water partition coefficient (Wildman–Crippen LogP) is 3.41. The topological polar surface area (TPSA) is 44.5 Å². The molecule has 21 heavy (non-hydrogen) atoms. The van der Waals surface area contributed by atoms with Crippen LogP contribution >= 0.6 is 0 Å². The first-order chi connectivity index (χ1) is 9.82. The van der Waals surface area contributed by atoms with E-state index in [1.54, 1.807) is 19.2 Å². The molecule has 0 aliphatic heterocycles. The van der Waals surface area contributed by atoms with E-state index in [2.05, 4.69) is 4.74 Å². The summed E-state index contributed by atoms with van der Waals surface area (Å²) in [7, 11) is 1.70. The maximum Gasteiger partial charge on any atom is 0.573 e. The first-order valence-electron chi connectivity index (χ1n) is 6.97. The summed E-state index contributed by atoms with van der Waals surface area (Å²) in [6, 6.07) is 5.78. The maximum absolute atomic E-state index is 12.1. The van der Waals surface area contributed by atoms with Crippen molar-refractivity contribution in [2.75, 3.05) is 7.11 Å². The van der Waals surface area contributed by atoms with Crippen molar-refractivity contribution in [1.82, 2.24) is 0 Å². The van der Waals surface area contributed by atoms with Gasteiger partial charge in [0.05, 0.1) is 5.60 Å². The van der Waals surface area contributed by atoms with Gasteiger partial charge in [0.15, 0.2) is 0 Å². The van der Waals surface area contributed by atoms with E-state index in [-0.39, 0.29) is 17.4 Å². The van der Waals surface area contributed by atoms with Crippen LogP contribution in [-0.4, -0.2) is 25.1 Å². The second kappa shape index (κ2) is 6.23. The molecule has 0 spiro atoms. The third kappa shape index (κ3) is 4.61. The Morgan fingerprint density at radius 2 is 1.86 bits per heavy atom. The molecule has 1 unspecified atom stereocenters. The molecule has 0 heterocycles. The first-order valence-corrected chi connectivity index (χ1v) is 6.97. The Morgan fingerprint density at radius 3 is 2.29 bits per heavy atom. The highest BCUT2D eigenvalue weighted by Crippen LogP contribution is 2.39. The molecule has 118 valence electrons. The Kier molecular flexibility index (Phi) is 4.78. The number of methoxy groups -OCH3 is 1. The number of hydrogen-bond donors (Lipinski definition) is 1. The normalized spacial score (nSPS) is 18.9. The molecule has 0 amide bonds. The van der Waals surface area contributed by atoms with Gasteiger partial charge in [0.1, 0.15) is 5.75 Å². The number of alkyl halides is 3.